The average Bonchev–Trinajstić information content (AvgIpc) is 3.02. The lowest BCUT2D eigenvalue weighted by molar-refractivity contribution is 0.400. The van der Waals surface area contributed by atoms with Crippen LogP contribution in [0.3, 0.4) is 0 Å². The fraction of sp³-hybridized carbons (Fsp3) is 0.269. The third kappa shape index (κ3) is 6.76. The van der Waals surface area contributed by atoms with Gasteiger partial charge in [0.05, 0.1) is 18.0 Å². The van der Waals surface area contributed by atoms with Crippen LogP contribution < -0.4 is 10.6 Å². The number of anilines is 2. The van der Waals surface area contributed by atoms with E-state index in [1.807, 2.05) is 45.1 Å². The highest BCUT2D eigenvalue weighted by Gasteiger charge is 2.12. The van der Waals surface area contributed by atoms with Crippen molar-refractivity contribution in [2.75, 3.05) is 5.32 Å². The Morgan fingerprint density at radius 3 is 2.58 bits per heavy atom. The number of nitrogens with one attached hydrogen (secondary N) is 2. The Bertz CT molecular complexity index is 1170. The lowest BCUT2D eigenvalue weighted by atomic mass is 10.1. The molecule has 3 aromatic rings. The minimum Gasteiger partial charge on any atom is -0.512 e. The van der Waals surface area contributed by atoms with Crippen molar-refractivity contribution in [2.45, 2.75) is 47.6 Å². The summed E-state index contributed by atoms with van der Waals surface area (Å²) in [5, 5.41) is 17.3. The lowest BCUT2D eigenvalue weighted by Crippen LogP contribution is -2.11. The molecule has 1 aliphatic carbocycles. The third-order valence-electron chi connectivity index (χ3n) is 4.76. The molecule has 0 atom stereocenters. The van der Waals surface area contributed by atoms with Crippen molar-refractivity contribution in [3.63, 3.8) is 0 Å². The summed E-state index contributed by atoms with van der Waals surface area (Å²) >= 11 is 1.61. The topological polar surface area (TPSA) is 83.0 Å². The summed E-state index contributed by atoms with van der Waals surface area (Å²) in [6.07, 6.45) is 9.88. The van der Waals surface area contributed by atoms with E-state index >= 15 is 0 Å². The number of benzene rings is 1. The van der Waals surface area contributed by atoms with E-state index in [1.54, 1.807) is 23.6 Å². The largest absolute Gasteiger partial charge is 0.512 e. The van der Waals surface area contributed by atoms with Crippen LogP contribution in [0.2, 0.25) is 0 Å². The maximum Gasteiger partial charge on any atom is 0.227 e. The molecule has 2 aromatic heterocycles. The number of thiazole rings is 1. The van der Waals surface area contributed by atoms with E-state index in [0.717, 1.165) is 32.7 Å². The monoisotopic (exact) mass is 461 g/mol. The number of aliphatic hydroxyl groups excluding tert-OH is 1. The molecule has 4 rings (SSSR count). The van der Waals surface area contributed by atoms with Gasteiger partial charge in [-0.3, -0.25) is 0 Å². The van der Waals surface area contributed by atoms with E-state index in [-0.39, 0.29) is 0 Å². The SMILES string of the molecule is CC.Cc1cc(C)cc(Nc2nccc(-c3nc(C)c(CNC4=CC=CCC(O)=C4)s3)n2)c1. The van der Waals surface area contributed by atoms with E-state index in [0.29, 0.717) is 24.7 Å². The summed E-state index contributed by atoms with van der Waals surface area (Å²) in [6.45, 7) is 10.8. The van der Waals surface area contributed by atoms with Gasteiger partial charge in [0.1, 0.15) is 10.7 Å². The number of hydrogen-bond donors (Lipinski definition) is 3. The quantitative estimate of drug-likeness (QED) is 0.380. The Morgan fingerprint density at radius 1 is 1.06 bits per heavy atom. The van der Waals surface area contributed by atoms with Crippen molar-refractivity contribution >= 4 is 23.0 Å². The van der Waals surface area contributed by atoms with Gasteiger partial charge >= 0.3 is 0 Å². The molecule has 0 radical (unpaired) electrons. The lowest BCUT2D eigenvalue weighted by Gasteiger charge is -2.07. The molecule has 2 heterocycles. The number of allylic oxidation sites excluding steroid dienone is 4. The zero-order valence-corrected chi connectivity index (χ0v) is 20.6. The Morgan fingerprint density at radius 2 is 1.82 bits per heavy atom. The first kappa shape index (κ1) is 24.2. The van der Waals surface area contributed by atoms with E-state index < -0.39 is 0 Å². The van der Waals surface area contributed by atoms with Crippen LogP contribution in [-0.4, -0.2) is 20.1 Å². The van der Waals surface area contributed by atoms with Gasteiger partial charge in [-0.2, -0.15) is 0 Å². The maximum atomic E-state index is 9.83. The van der Waals surface area contributed by atoms with Crippen LogP contribution in [0.25, 0.3) is 10.7 Å². The van der Waals surface area contributed by atoms with E-state index in [9.17, 15) is 5.11 Å². The molecule has 0 unspecified atom stereocenters. The molecule has 0 fully saturated rings. The van der Waals surface area contributed by atoms with Gasteiger partial charge in [0.25, 0.3) is 0 Å². The summed E-state index contributed by atoms with van der Waals surface area (Å²) in [7, 11) is 0. The highest BCUT2D eigenvalue weighted by Crippen LogP contribution is 2.28. The van der Waals surface area contributed by atoms with E-state index in [4.69, 9.17) is 4.98 Å². The summed E-state index contributed by atoms with van der Waals surface area (Å²) in [5.74, 6) is 0.894. The highest BCUT2D eigenvalue weighted by atomic mass is 32.1. The number of aryl methyl sites for hydroxylation is 3. The molecule has 6 nitrogen and oxygen atoms in total. The zero-order chi connectivity index (χ0) is 23.8. The second-order valence-corrected chi connectivity index (χ2v) is 8.62. The predicted molar refractivity (Wildman–Crippen MR) is 138 cm³/mol. The fourth-order valence-electron chi connectivity index (χ4n) is 3.35. The average molecular weight is 462 g/mol. The standard InChI is InChI=1S/C24H25N5OS.C2H6/c1-15-10-16(2)12-19(11-15)28-24-25-9-8-21(29-24)23-27-17(3)22(31-23)14-26-18-6-4-5-7-20(30)13-18;1-2/h4-6,8-13,26,30H,7,14H2,1-3H3,(H,25,28,29);1-2H3. The van der Waals surface area contributed by atoms with Crippen molar-refractivity contribution in [1.82, 2.24) is 20.3 Å². The van der Waals surface area contributed by atoms with Crippen molar-refractivity contribution < 1.29 is 5.11 Å². The van der Waals surface area contributed by atoms with Crippen LogP contribution in [0.1, 0.15) is 42.0 Å². The van der Waals surface area contributed by atoms with Gasteiger partial charge in [0, 0.05) is 28.9 Å². The fourth-order valence-corrected chi connectivity index (χ4v) is 4.33. The maximum absolute atomic E-state index is 9.83. The molecule has 0 bridgehead atoms. The Labute approximate surface area is 199 Å². The van der Waals surface area contributed by atoms with Crippen LogP contribution in [0.4, 0.5) is 11.6 Å². The normalized spacial score (nSPS) is 12.8. The van der Waals surface area contributed by atoms with Crippen LogP contribution >= 0.6 is 11.3 Å². The number of aromatic nitrogens is 3. The second-order valence-electron chi connectivity index (χ2n) is 7.54. The first-order chi connectivity index (χ1) is 16.0. The molecule has 0 amide bonds. The molecule has 0 saturated heterocycles. The summed E-state index contributed by atoms with van der Waals surface area (Å²) < 4.78 is 0. The highest BCUT2D eigenvalue weighted by molar-refractivity contribution is 7.15. The summed E-state index contributed by atoms with van der Waals surface area (Å²) in [4.78, 5) is 14.9. The third-order valence-corrected chi connectivity index (χ3v) is 5.94. The van der Waals surface area contributed by atoms with Gasteiger partial charge in [-0.05, 0) is 62.2 Å². The molecule has 1 aliphatic rings. The molecule has 0 spiro atoms. The smallest absolute Gasteiger partial charge is 0.227 e. The van der Waals surface area contributed by atoms with Gasteiger partial charge in [0.15, 0.2) is 0 Å². The summed E-state index contributed by atoms with van der Waals surface area (Å²) in [5.41, 5.74) is 5.98. The first-order valence-corrected chi connectivity index (χ1v) is 11.9. The van der Waals surface area contributed by atoms with Crippen LogP contribution in [-0.2, 0) is 6.54 Å². The van der Waals surface area contributed by atoms with Crippen molar-refractivity contribution in [2.24, 2.45) is 0 Å². The van der Waals surface area contributed by atoms with Crippen molar-refractivity contribution in [1.29, 1.82) is 0 Å². The molecular formula is C26H31N5OS. The predicted octanol–water partition coefficient (Wildman–Crippen LogP) is 6.67. The Hall–Kier alpha value is -3.45. The molecule has 3 N–H and O–H groups in total. The summed E-state index contributed by atoms with van der Waals surface area (Å²) in [6, 6.07) is 8.16. The van der Waals surface area contributed by atoms with Crippen molar-refractivity contribution in [3.8, 4) is 10.7 Å². The molecule has 0 saturated carbocycles. The Kier molecular flexibility index (Phi) is 8.38. The minimum absolute atomic E-state index is 0.346. The molecule has 7 heteroatoms. The van der Waals surface area contributed by atoms with Gasteiger partial charge in [-0.15, -0.1) is 11.3 Å². The minimum atomic E-state index is 0.346. The molecule has 0 aliphatic heterocycles. The first-order valence-electron chi connectivity index (χ1n) is 11.1. The van der Waals surface area contributed by atoms with Gasteiger partial charge < -0.3 is 15.7 Å². The zero-order valence-electron chi connectivity index (χ0n) is 19.8. The van der Waals surface area contributed by atoms with E-state index in [2.05, 4.69) is 52.6 Å². The molecule has 172 valence electrons. The number of hydrogen-bond acceptors (Lipinski definition) is 7. The Balaban J connectivity index is 0.00000149. The molecule has 33 heavy (non-hydrogen) atoms. The van der Waals surface area contributed by atoms with Crippen LogP contribution in [0.15, 0.2) is 66.2 Å². The van der Waals surface area contributed by atoms with Gasteiger partial charge in [-0.1, -0.05) is 32.1 Å². The molecule has 1 aromatic carbocycles. The van der Waals surface area contributed by atoms with Crippen molar-refractivity contribution in [3.05, 3.63) is 87.9 Å². The number of aliphatic hydroxyl groups is 1. The molecular weight excluding hydrogens is 430 g/mol. The van der Waals surface area contributed by atoms with Crippen LogP contribution in [0, 0.1) is 20.8 Å². The van der Waals surface area contributed by atoms with Gasteiger partial charge in [-0.25, -0.2) is 15.0 Å². The number of nitrogens with zero attached hydrogens (tertiary/aromatic N) is 3. The second kappa shape index (κ2) is 11.4. The number of rotatable bonds is 6. The van der Waals surface area contributed by atoms with Gasteiger partial charge in [0.2, 0.25) is 5.95 Å². The van der Waals surface area contributed by atoms with E-state index in [1.165, 1.54) is 11.1 Å². The van der Waals surface area contributed by atoms with Crippen LogP contribution in [0.5, 0.6) is 0 Å².